The second-order valence-electron chi connectivity index (χ2n) is 13.1. The van der Waals surface area contributed by atoms with Crippen LogP contribution in [0.5, 0.6) is 11.5 Å². The van der Waals surface area contributed by atoms with Crippen LogP contribution in [0.4, 0.5) is 22.0 Å². The average Bonchev–Trinajstić information content (AvgIpc) is 2.70. The minimum atomic E-state index is -2.20. The van der Waals surface area contributed by atoms with E-state index < -0.39 is 50.9 Å². The summed E-state index contributed by atoms with van der Waals surface area (Å²) >= 11 is 0. The maximum absolute atomic E-state index is 14.8. The highest BCUT2D eigenvalue weighted by Crippen LogP contribution is 2.62. The molecule has 0 aliphatic heterocycles. The Hall–Kier alpha value is -1.45. The molecule has 37 heavy (non-hydrogen) atoms. The summed E-state index contributed by atoms with van der Waals surface area (Å²) in [5.41, 5.74) is -1.23. The molecule has 0 heterocycles. The summed E-state index contributed by atoms with van der Waals surface area (Å²) in [6.45, 7) is 24.4. The van der Waals surface area contributed by atoms with Gasteiger partial charge >= 0.3 is 0 Å². The summed E-state index contributed by atoms with van der Waals surface area (Å²) < 4.78 is 84.6. The van der Waals surface area contributed by atoms with Gasteiger partial charge in [-0.05, 0) is 17.7 Å². The van der Waals surface area contributed by atoms with Crippen LogP contribution in [0.15, 0.2) is 18.2 Å². The molecule has 0 atom stereocenters. The van der Waals surface area contributed by atoms with E-state index in [1.807, 2.05) is 83.1 Å². The molecule has 0 saturated carbocycles. The standard InChI is InChI=1S/C28H39F5O2P2/c1-25(2,3)36(26(4,5)6)34-17-13-16(19-20(29)22(31)24(33)23(32)21(19)30)14-18(15-17)35-37(27(7,8)9)28(10,11)12/h13-15H,1-12H3. The van der Waals surface area contributed by atoms with Gasteiger partial charge in [-0.2, -0.15) is 0 Å². The first-order chi connectivity index (χ1) is 16.5. The predicted octanol–water partition coefficient (Wildman–Crippen LogP) is 10.8. The van der Waals surface area contributed by atoms with Gasteiger partial charge in [0, 0.05) is 26.7 Å². The molecule has 0 amide bonds. The molecule has 9 heteroatoms. The summed E-state index contributed by atoms with van der Waals surface area (Å²) in [5, 5.41) is -1.06. The molecule has 0 aliphatic carbocycles. The molecule has 0 fully saturated rings. The molecule has 0 radical (unpaired) electrons. The normalized spacial score (nSPS) is 13.5. The first-order valence-electron chi connectivity index (χ1n) is 12.1. The van der Waals surface area contributed by atoms with Crippen LogP contribution in [0.25, 0.3) is 11.1 Å². The smallest absolute Gasteiger partial charge is 0.200 e. The van der Waals surface area contributed by atoms with E-state index in [2.05, 4.69) is 0 Å². The Morgan fingerprint density at radius 1 is 0.459 bits per heavy atom. The Morgan fingerprint density at radius 3 is 1.00 bits per heavy atom. The average molecular weight is 565 g/mol. The van der Waals surface area contributed by atoms with Crippen LogP contribution in [0.3, 0.4) is 0 Å². The van der Waals surface area contributed by atoms with Crippen molar-refractivity contribution in [1.82, 2.24) is 0 Å². The van der Waals surface area contributed by atoms with E-state index in [9.17, 15) is 22.0 Å². The molecule has 2 aromatic rings. The monoisotopic (exact) mass is 564 g/mol. The number of hydrogen-bond acceptors (Lipinski definition) is 2. The van der Waals surface area contributed by atoms with E-state index in [0.29, 0.717) is 0 Å². The third kappa shape index (κ3) is 7.35. The topological polar surface area (TPSA) is 18.5 Å². The molecule has 0 unspecified atom stereocenters. The summed E-state index contributed by atoms with van der Waals surface area (Å²) in [6, 6.07) is 4.26. The number of halogens is 5. The lowest BCUT2D eigenvalue weighted by atomic mass is 10.0. The van der Waals surface area contributed by atoms with Crippen molar-refractivity contribution in [2.24, 2.45) is 0 Å². The van der Waals surface area contributed by atoms with Crippen molar-refractivity contribution in [3.8, 4) is 22.6 Å². The largest absolute Gasteiger partial charge is 0.473 e. The maximum atomic E-state index is 14.8. The van der Waals surface area contributed by atoms with Crippen molar-refractivity contribution in [3.63, 3.8) is 0 Å². The maximum Gasteiger partial charge on any atom is 0.200 e. The van der Waals surface area contributed by atoms with Gasteiger partial charge in [-0.25, -0.2) is 22.0 Å². The Kier molecular flexibility index (Phi) is 9.11. The molecule has 0 N–H and O–H groups in total. The molecule has 2 nitrogen and oxygen atoms in total. The van der Waals surface area contributed by atoms with Crippen LogP contribution in [0.2, 0.25) is 0 Å². The van der Waals surface area contributed by atoms with Gasteiger partial charge in [-0.3, -0.25) is 0 Å². The highest BCUT2D eigenvalue weighted by Gasteiger charge is 2.40. The van der Waals surface area contributed by atoms with E-state index in [4.69, 9.17) is 9.05 Å². The van der Waals surface area contributed by atoms with Crippen LogP contribution >= 0.6 is 16.3 Å². The molecular weight excluding hydrogens is 525 g/mol. The van der Waals surface area contributed by atoms with Crippen LogP contribution in [0, 0.1) is 29.1 Å². The third-order valence-corrected chi connectivity index (χ3v) is 10.9. The van der Waals surface area contributed by atoms with Gasteiger partial charge < -0.3 is 9.05 Å². The molecule has 208 valence electrons. The highest BCUT2D eigenvalue weighted by atomic mass is 31.1. The Bertz CT molecular complexity index is 1030. The van der Waals surface area contributed by atoms with Crippen LogP contribution in [0.1, 0.15) is 83.1 Å². The van der Waals surface area contributed by atoms with Gasteiger partial charge in [-0.1, -0.05) is 83.1 Å². The van der Waals surface area contributed by atoms with Gasteiger partial charge in [0.05, 0.1) is 21.9 Å². The zero-order chi connectivity index (χ0) is 28.9. The van der Waals surface area contributed by atoms with Crippen LogP contribution in [-0.2, 0) is 0 Å². The van der Waals surface area contributed by atoms with Gasteiger partial charge in [-0.15, -0.1) is 0 Å². The molecular formula is C28H39F5O2P2. The first kappa shape index (κ1) is 31.8. The van der Waals surface area contributed by atoms with E-state index in [-0.39, 0.29) is 37.7 Å². The van der Waals surface area contributed by atoms with Gasteiger partial charge in [0.15, 0.2) is 23.3 Å². The van der Waals surface area contributed by atoms with Gasteiger partial charge in [0.1, 0.15) is 11.5 Å². The fourth-order valence-electron chi connectivity index (χ4n) is 4.45. The van der Waals surface area contributed by atoms with Crippen molar-refractivity contribution < 1.29 is 31.0 Å². The zero-order valence-electron chi connectivity index (χ0n) is 23.8. The summed E-state index contributed by atoms with van der Waals surface area (Å²) in [5.74, 6) is -9.52. The summed E-state index contributed by atoms with van der Waals surface area (Å²) in [4.78, 5) is 0. The number of benzene rings is 2. The quantitative estimate of drug-likeness (QED) is 0.156. The molecule has 0 spiro atoms. The molecule has 2 rings (SSSR count). The Balaban J connectivity index is 2.83. The van der Waals surface area contributed by atoms with E-state index in [1.54, 1.807) is 6.07 Å². The minimum absolute atomic E-state index is 0.212. The van der Waals surface area contributed by atoms with Crippen molar-refractivity contribution in [2.45, 2.75) is 104 Å². The van der Waals surface area contributed by atoms with E-state index in [1.165, 1.54) is 12.1 Å². The van der Waals surface area contributed by atoms with Gasteiger partial charge in [0.25, 0.3) is 0 Å². The van der Waals surface area contributed by atoms with Crippen molar-refractivity contribution in [3.05, 3.63) is 47.3 Å². The van der Waals surface area contributed by atoms with Crippen molar-refractivity contribution >= 4 is 16.3 Å². The van der Waals surface area contributed by atoms with Crippen molar-refractivity contribution in [1.29, 1.82) is 0 Å². The fraction of sp³-hybridized carbons (Fsp3) is 0.571. The molecule has 0 aliphatic rings. The second kappa shape index (κ2) is 10.6. The lowest BCUT2D eigenvalue weighted by Gasteiger charge is -2.41. The zero-order valence-corrected chi connectivity index (χ0v) is 25.6. The highest BCUT2D eigenvalue weighted by molar-refractivity contribution is 7.56. The SMILES string of the molecule is CC(C)(C)P(Oc1cc(OP(C(C)(C)C)C(C)(C)C)cc(-c2c(F)c(F)c(F)c(F)c2F)c1)C(C)(C)C. The number of rotatable bonds is 5. The van der Waals surface area contributed by atoms with Crippen LogP contribution < -0.4 is 9.05 Å². The lowest BCUT2D eigenvalue weighted by Crippen LogP contribution is -2.28. The lowest BCUT2D eigenvalue weighted by molar-refractivity contribution is 0.381. The molecule has 2 aromatic carbocycles. The van der Waals surface area contributed by atoms with Gasteiger partial charge in [0.2, 0.25) is 5.82 Å². The van der Waals surface area contributed by atoms with E-state index in [0.717, 1.165) is 0 Å². The van der Waals surface area contributed by atoms with E-state index >= 15 is 0 Å². The predicted molar refractivity (Wildman–Crippen MR) is 146 cm³/mol. The molecule has 0 saturated heterocycles. The second-order valence-corrected chi connectivity index (χ2v) is 20.0. The number of hydrogen-bond donors (Lipinski definition) is 0. The minimum Gasteiger partial charge on any atom is -0.473 e. The fourth-order valence-corrected chi connectivity index (χ4v) is 10.2. The molecule has 0 aromatic heterocycles. The Labute approximate surface area is 221 Å². The Morgan fingerprint density at radius 2 is 0.730 bits per heavy atom. The first-order valence-corrected chi connectivity index (χ1v) is 14.6. The third-order valence-electron chi connectivity index (χ3n) is 5.21. The van der Waals surface area contributed by atoms with Crippen molar-refractivity contribution in [2.75, 3.05) is 0 Å². The van der Waals surface area contributed by atoms with Crippen LogP contribution in [-0.4, -0.2) is 20.6 Å². The molecule has 0 bridgehead atoms. The summed E-state index contributed by atoms with van der Waals surface area (Å²) in [7, 11) is -2.31. The summed E-state index contributed by atoms with van der Waals surface area (Å²) in [6.07, 6.45) is 0.